The Balaban J connectivity index is 1.68. The number of rotatable bonds is 2. The molecule has 1 atom stereocenters. The quantitative estimate of drug-likeness (QED) is 0.455. The molecule has 0 spiro atoms. The summed E-state index contributed by atoms with van der Waals surface area (Å²) in [5, 5.41) is 0. The van der Waals surface area contributed by atoms with Gasteiger partial charge in [-0.1, -0.05) is 12.1 Å². The lowest BCUT2D eigenvalue weighted by atomic mass is 10.2. The van der Waals surface area contributed by atoms with Crippen molar-refractivity contribution in [3.05, 3.63) is 52.1 Å². The molecule has 0 aliphatic carbocycles. The van der Waals surface area contributed by atoms with Crippen LogP contribution in [-0.4, -0.2) is 18.7 Å². The molecule has 0 amide bonds. The first kappa shape index (κ1) is 13.2. The van der Waals surface area contributed by atoms with Crippen molar-refractivity contribution in [1.29, 1.82) is 0 Å². The zero-order valence-electron chi connectivity index (χ0n) is 10.4. The third-order valence-electron chi connectivity index (χ3n) is 2.80. The molecule has 0 saturated heterocycles. The molecular weight excluding hydrogens is 371 g/mol. The molecular formula is C15H11IO4. The number of halogens is 1. The summed E-state index contributed by atoms with van der Waals surface area (Å²) in [4.78, 5) is 12.0. The van der Waals surface area contributed by atoms with Crippen molar-refractivity contribution < 1.29 is 19.0 Å². The molecule has 0 aromatic heterocycles. The van der Waals surface area contributed by atoms with E-state index in [0.717, 1.165) is 3.57 Å². The molecule has 3 rings (SSSR count). The Morgan fingerprint density at radius 1 is 1.10 bits per heavy atom. The molecule has 5 heteroatoms. The first-order valence-electron chi connectivity index (χ1n) is 6.08. The molecule has 1 aliphatic rings. The van der Waals surface area contributed by atoms with Gasteiger partial charge in [0, 0.05) is 3.57 Å². The Hall–Kier alpha value is -1.76. The number of benzene rings is 2. The molecule has 2 aromatic carbocycles. The summed E-state index contributed by atoms with van der Waals surface area (Å²) in [6.07, 6.45) is -0.746. The van der Waals surface area contributed by atoms with Gasteiger partial charge in [0.05, 0.1) is 0 Å². The van der Waals surface area contributed by atoms with Crippen LogP contribution in [0.4, 0.5) is 0 Å². The SMILES string of the molecule is O=C(Oc1ccc(I)cc1)C1COc2ccccc2O1. The fourth-order valence-electron chi connectivity index (χ4n) is 1.82. The molecule has 0 saturated carbocycles. The summed E-state index contributed by atoms with van der Waals surface area (Å²) >= 11 is 2.19. The minimum atomic E-state index is -0.746. The lowest BCUT2D eigenvalue weighted by Crippen LogP contribution is -2.39. The summed E-state index contributed by atoms with van der Waals surface area (Å²) in [5.74, 6) is 1.24. The predicted molar refractivity (Wildman–Crippen MR) is 81.1 cm³/mol. The third kappa shape index (κ3) is 2.87. The Bertz CT molecular complexity index is 624. The van der Waals surface area contributed by atoms with Gasteiger partial charge in [0.15, 0.2) is 11.5 Å². The van der Waals surface area contributed by atoms with E-state index in [1.165, 1.54) is 0 Å². The first-order valence-corrected chi connectivity index (χ1v) is 7.16. The van der Waals surface area contributed by atoms with Gasteiger partial charge in [0.2, 0.25) is 6.10 Å². The van der Waals surface area contributed by atoms with Gasteiger partial charge >= 0.3 is 5.97 Å². The van der Waals surface area contributed by atoms with Crippen molar-refractivity contribution >= 4 is 28.6 Å². The van der Waals surface area contributed by atoms with Gasteiger partial charge < -0.3 is 14.2 Å². The van der Waals surface area contributed by atoms with E-state index < -0.39 is 12.1 Å². The van der Waals surface area contributed by atoms with Crippen LogP contribution in [0.1, 0.15) is 0 Å². The van der Waals surface area contributed by atoms with E-state index in [1.807, 2.05) is 24.3 Å². The zero-order valence-corrected chi connectivity index (χ0v) is 12.6. The Labute approximate surface area is 129 Å². The van der Waals surface area contributed by atoms with E-state index in [0.29, 0.717) is 17.2 Å². The average molecular weight is 382 g/mol. The molecule has 20 heavy (non-hydrogen) atoms. The topological polar surface area (TPSA) is 44.8 Å². The van der Waals surface area contributed by atoms with Gasteiger partial charge in [0.25, 0.3) is 0 Å². The van der Waals surface area contributed by atoms with Gasteiger partial charge in [0.1, 0.15) is 12.4 Å². The maximum absolute atomic E-state index is 12.0. The molecule has 1 heterocycles. The summed E-state index contributed by atoms with van der Waals surface area (Å²) in [7, 11) is 0. The summed E-state index contributed by atoms with van der Waals surface area (Å²) in [6.45, 7) is 0.153. The lowest BCUT2D eigenvalue weighted by molar-refractivity contribution is -0.144. The highest BCUT2D eigenvalue weighted by atomic mass is 127. The van der Waals surface area contributed by atoms with Crippen LogP contribution in [0, 0.1) is 3.57 Å². The van der Waals surface area contributed by atoms with Crippen LogP contribution in [0.2, 0.25) is 0 Å². The van der Waals surface area contributed by atoms with Crippen molar-refractivity contribution in [3.63, 3.8) is 0 Å². The van der Waals surface area contributed by atoms with Crippen LogP contribution in [0.5, 0.6) is 17.2 Å². The summed E-state index contributed by atoms with van der Waals surface area (Å²) in [6, 6.07) is 14.5. The second kappa shape index (κ2) is 5.70. The van der Waals surface area contributed by atoms with Gasteiger partial charge in [-0.2, -0.15) is 0 Å². The van der Waals surface area contributed by atoms with E-state index in [9.17, 15) is 4.79 Å². The number of hydrogen-bond acceptors (Lipinski definition) is 4. The van der Waals surface area contributed by atoms with E-state index in [-0.39, 0.29) is 6.61 Å². The lowest BCUT2D eigenvalue weighted by Gasteiger charge is -2.24. The van der Waals surface area contributed by atoms with Crippen molar-refractivity contribution in [3.8, 4) is 17.2 Å². The van der Waals surface area contributed by atoms with Crippen LogP contribution in [-0.2, 0) is 4.79 Å². The second-order valence-corrected chi connectivity index (χ2v) is 5.48. The van der Waals surface area contributed by atoms with E-state index in [2.05, 4.69) is 22.6 Å². The number of carbonyl (C=O) groups is 1. The number of esters is 1. The fraction of sp³-hybridized carbons (Fsp3) is 0.133. The number of carbonyl (C=O) groups excluding carboxylic acids is 1. The minimum absolute atomic E-state index is 0.153. The normalized spacial score (nSPS) is 16.6. The number of para-hydroxylation sites is 2. The first-order chi connectivity index (χ1) is 9.72. The van der Waals surface area contributed by atoms with Crippen molar-refractivity contribution in [2.24, 2.45) is 0 Å². The minimum Gasteiger partial charge on any atom is -0.485 e. The smallest absolute Gasteiger partial charge is 0.356 e. The highest BCUT2D eigenvalue weighted by Crippen LogP contribution is 2.31. The Morgan fingerprint density at radius 2 is 1.80 bits per heavy atom. The van der Waals surface area contributed by atoms with Gasteiger partial charge in [-0.25, -0.2) is 4.79 Å². The maximum Gasteiger partial charge on any atom is 0.356 e. The maximum atomic E-state index is 12.0. The highest BCUT2D eigenvalue weighted by Gasteiger charge is 2.29. The summed E-state index contributed by atoms with van der Waals surface area (Å²) in [5.41, 5.74) is 0. The molecule has 0 fully saturated rings. The molecule has 0 N–H and O–H groups in total. The van der Waals surface area contributed by atoms with Crippen LogP contribution in [0.3, 0.4) is 0 Å². The largest absolute Gasteiger partial charge is 0.485 e. The molecule has 4 nitrogen and oxygen atoms in total. The molecule has 2 aromatic rings. The predicted octanol–water partition coefficient (Wildman–Crippen LogP) is 3.04. The van der Waals surface area contributed by atoms with Crippen LogP contribution >= 0.6 is 22.6 Å². The Kier molecular flexibility index (Phi) is 3.77. The molecule has 1 aliphatic heterocycles. The number of ether oxygens (including phenoxy) is 3. The average Bonchev–Trinajstić information content (AvgIpc) is 2.49. The van der Waals surface area contributed by atoms with Crippen LogP contribution < -0.4 is 14.2 Å². The monoisotopic (exact) mass is 382 g/mol. The number of hydrogen-bond donors (Lipinski definition) is 0. The third-order valence-corrected chi connectivity index (χ3v) is 3.52. The fourth-order valence-corrected chi connectivity index (χ4v) is 2.18. The number of fused-ring (bicyclic) bond motifs is 1. The van der Waals surface area contributed by atoms with Crippen LogP contribution in [0.15, 0.2) is 48.5 Å². The molecule has 1 unspecified atom stereocenters. The summed E-state index contributed by atoms with van der Waals surface area (Å²) < 4.78 is 17.4. The van der Waals surface area contributed by atoms with Gasteiger partial charge in [-0.05, 0) is 59.0 Å². The van der Waals surface area contributed by atoms with Crippen LogP contribution in [0.25, 0.3) is 0 Å². The highest BCUT2D eigenvalue weighted by molar-refractivity contribution is 14.1. The van der Waals surface area contributed by atoms with E-state index >= 15 is 0 Å². The van der Waals surface area contributed by atoms with Gasteiger partial charge in [-0.3, -0.25) is 0 Å². The standard InChI is InChI=1S/C15H11IO4/c16-10-5-7-11(8-6-10)19-15(17)14-9-18-12-3-1-2-4-13(12)20-14/h1-8,14H,9H2. The van der Waals surface area contributed by atoms with E-state index in [1.54, 1.807) is 24.3 Å². The molecule has 102 valence electrons. The van der Waals surface area contributed by atoms with Crippen molar-refractivity contribution in [2.75, 3.05) is 6.61 Å². The molecule has 0 radical (unpaired) electrons. The molecule has 0 bridgehead atoms. The Morgan fingerprint density at radius 3 is 2.55 bits per heavy atom. The van der Waals surface area contributed by atoms with Crippen molar-refractivity contribution in [2.45, 2.75) is 6.10 Å². The van der Waals surface area contributed by atoms with Crippen molar-refractivity contribution in [1.82, 2.24) is 0 Å². The van der Waals surface area contributed by atoms with Gasteiger partial charge in [-0.15, -0.1) is 0 Å². The van der Waals surface area contributed by atoms with E-state index in [4.69, 9.17) is 14.2 Å². The second-order valence-electron chi connectivity index (χ2n) is 4.24. The zero-order chi connectivity index (χ0) is 13.9.